The third kappa shape index (κ3) is 3.52. The van der Waals surface area contributed by atoms with Crippen molar-refractivity contribution in [3.05, 3.63) is 130 Å². The van der Waals surface area contributed by atoms with Gasteiger partial charge in [-0.15, -0.1) is 0 Å². The third-order valence-corrected chi connectivity index (χ3v) is 6.56. The van der Waals surface area contributed by atoms with Crippen LogP contribution in [0.5, 0.6) is 6.01 Å². The van der Waals surface area contributed by atoms with Crippen molar-refractivity contribution in [3.63, 3.8) is 0 Å². The second-order valence-corrected chi connectivity index (χ2v) is 8.57. The SMILES string of the molecule is O=c1ccn2c(n1)O[C@@H]1C[C@H]2O[C@@H]1COC(c1ccccc1)(c1ccccc1)c1ccccc1. The Balaban J connectivity index is 1.38. The second-order valence-electron chi connectivity index (χ2n) is 8.57. The first-order valence-corrected chi connectivity index (χ1v) is 11.5. The van der Waals surface area contributed by atoms with Crippen molar-refractivity contribution in [2.45, 2.75) is 30.5 Å². The Labute approximate surface area is 197 Å². The van der Waals surface area contributed by atoms with Gasteiger partial charge < -0.3 is 14.2 Å². The van der Waals surface area contributed by atoms with E-state index in [2.05, 4.69) is 41.4 Å². The van der Waals surface area contributed by atoms with E-state index in [0.717, 1.165) is 16.7 Å². The first-order chi connectivity index (χ1) is 16.7. The first kappa shape index (κ1) is 20.8. The number of benzene rings is 3. The van der Waals surface area contributed by atoms with Crippen LogP contribution in [0.1, 0.15) is 29.3 Å². The molecule has 0 aliphatic carbocycles. The number of aromatic nitrogens is 2. The Bertz CT molecular complexity index is 1230. The molecule has 6 rings (SSSR count). The van der Waals surface area contributed by atoms with Gasteiger partial charge in [-0.2, -0.15) is 4.98 Å². The average molecular weight is 453 g/mol. The zero-order valence-electron chi connectivity index (χ0n) is 18.5. The predicted octanol–water partition coefficient (Wildman–Crippen LogP) is 4.30. The molecule has 0 amide bonds. The first-order valence-electron chi connectivity index (χ1n) is 11.5. The smallest absolute Gasteiger partial charge is 0.302 e. The van der Waals surface area contributed by atoms with Crippen LogP contribution in [-0.4, -0.2) is 28.4 Å². The Hall–Kier alpha value is -3.74. The third-order valence-electron chi connectivity index (χ3n) is 6.56. The minimum absolute atomic E-state index is 0.227. The summed E-state index contributed by atoms with van der Waals surface area (Å²) in [7, 11) is 0. The Morgan fingerprint density at radius 2 is 1.41 bits per heavy atom. The molecule has 34 heavy (non-hydrogen) atoms. The fourth-order valence-corrected chi connectivity index (χ4v) is 4.96. The average Bonchev–Trinajstić information content (AvgIpc) is 3.22. The second kappa shape index (κ2) is 8.56. The van der Waals surface area contributed by atoms with E-state index in [1.807, 2.05) is 54.6 Å². The molecule has 3 heterocycles. The molecule has 3 aromatic carbocycles. The van der Waals surface area contributed by atoms with Gasteiger partial charge in [-0.05, 0) is 16.7 Å². The highest BCUT2D eigenvalue weighted by molar-refractivity contribution is 5.47. The standard InChI is InChI=1S/C28H24N2O4/c31-25-16-17-30-26-18-23(34-27(30)29-25)24(33-26)19-32-28(20-10-4-1-5-11-20,21-12-6-2-7-13-21)22-14-8-3-9-15-22/h1-17,23-24,26H,18-19H2/t23-,24-,26-/m1/s1. The molecule has 3 atom stereocenters. The van der Waals surface area contributed by atoms with Gasteiger partial charge in [-0.3, -0.25) is 9.36 Å². The molecular formula is C28H24N2O4. The molecule has 0 saturated carbocycles. The molecule has 6 nitrogen and oxygen atoms in total. The van der Waals surface area contributed by atoms with Gasteiger partial charge in [0.25, 0.3) is 5.56 Å². The highest BCUT2D eigenvalue weighted by Crippen LogP contribution is 2.43. The minimum Gasteiger partial charge on any atom is -0.458 e. The highest BCUT2D eigenvalue weighted by Gasteiger charge is 2.45. The number of hydrogen-bond acceptors (Lipinski definition) is 5. The molecule has 4 aromatic rings. The zero-order chi connectivity index (χ0) is 23.0. The summed E-state index contributed by atoms with van der Waals surface area (Å²) in [6.45, 7) is 0.304. The largest absolute Gasteiger partial charge is 0.458 e. The van der Waals surface area contributed by atoms with Crippen molar-refractivity contribution in [3.8, 4) is 6.01 Å². The van der Waals surface area contributed by atoms with Crippen LogP contribution >= 0.6 is 0 Å². The maximum absolute atomic E-state index is 11.7. The van der Waals surface area contributed by atoms with Crippen LogP contribution in [-0.2, 0) is 15.1 Å². The van der Waals surface area contributed by atoms with Gasteiger partial charge >= 0.3 is 6.01 Å². The van der Waals surface area contributed by atoms with Gasteiger partial charge in [0.15, 0.2) is 0 Å². The van der Waals surface area contributed by atoms with Crippen molar-refractivity contribution in [1.29, 1.82) is 0 Å². The van der Waals surface area contributed by atoms with Crippen molar-refractivity contribution in [2.75, 3.05) is 6.61 Å². The van der Waals surface area contributed by atoms with Crippen LogP contribution in [0, 0.1) is 0 Å². The molecule has 0 unspecified atom stereocenters. The molecular weight excluding hydrogens is 428 g/mol. The molecule has 1 saturated heterocycles. The summed E-state index contributed by atoms with van der Waals surface area (Å²) in [4.78, 5) is 15.7. The van der Waals surface area contributed by atoms with Crippen LogP contribution in [0.2, 0.25) is 0 Å². The number of nitrogens with zero attached hydrogens (tertiary/aromatic N) is 2. The van der Waals surface area contributed by atoms with Gasteiger partial charge in [0.2, 0.25) is 0 Å². The van der Waals surface area contributed by atoms with E-state index in [0.29, 0.717) is 19.0 Å². The van der Waals surface area contributed by atoms with E-state index >= 15 is 0 Å². The van der Waals surface area contributed by atoms with Crippen molar-refractivity contribution in [1.82, 2.24) is 9.55 Å². The summed E-state index contributed by atoms with van der Waals surface area (Å²) in [5.74, 6) is 0. The van der Waals surface area contributed by atoms with Gasteiger partial charge in [-0.1, -0.05) is 91.0 Å². The number of rotatable bonds is 6. The van der Waals surface area contributed by atoms with Crippen molar-refractivity contribution in [2.24, 2.45) is 0 Å². The zero-order valence-corrected chi connectivity index (χ0v) is 18.5. The lowest BCUT2D eigenvalue weighted by Crippen LogP contribution is -2.39. The molecule has 1 fully saturated rings. The fraction of sp³-hybridized carbons (Fsp3) is 0.214. The van der Waals surface area contributed by atoms with Crippen molar-refractivity contribution < 1.29 is 14.2 Å². The van der Waals surface area contributed by atoms with E-state index in [-0.39, 0.29) is 24.0 Å². The van der Waals surface area contributed by atoms with Gasteiger partial charge in [0.05, 0.1) is 6.61 Å². The van der Waals surface area contributed by atoms with E-state index in [9.17, 15) is 4.79 Å². The van der Waals surface area contributed by atoms with E-state index in [4.69, 9.17) is 14.2 Å². The van der Waals surface area contributed by atoms with Gasteiger partial charge in [-0.25, -0.2) is 0 Å². The maximum atomic E-state index is 11.7. The molecule has 2 aliphatic rings. The van der Waals surface area contributed by atoms with Gasteiger partial charge in [0, 0.05) is 18.7 Å². The topological polar surface area (TPSA) is 62.6 Å². The van der Waals surface area contributed by atoms with Gasteiger partial charge in [0.1, 0.15) is 24.0 Å². The number of fused-ring (bicyclic) bond motifs is 4. The monoisotopic (exact) mass is 452 g/mol. The molecule has 2 bridgehead atoms. The van der Waals surface area contributed by atoms with Crippen LogP contribution in [0.25, 0.3) is 0 Å². The Morgan fingerprint density at radius 3 is 1.97 bits per heavy atom. The van der Waals surface area contributed by atoms with Crippen LogP contribution in [0.15, 0.2) is 108 Å². The van der Waals surface area contributed by atoms with Crippen LogP contribution < -0.4 is 10.3 Å². The van der Waals surface area contributed by atoms with Crippen LogP contribution in [0.3, 0.4) is 0 Å². The van der Waals surface area contributed by atoms with E-state index in [1.165, 1.54) is 6.07 Å². The molecule has 170 valence electrons. The molecule has 1 aromatic heterocycles. The Kier molecular flexibility index (Phi) is 5.24. The highest BCUT2D eigenvalue weighted by atomic mass is 16.6. The molecule has 0 spiro atoms. The van der Waals surface area contributed by atoms with E-state index < -0.39 is 5.60 Å². The van der Waals surface area contributed by atoms with E-state index in [1.54, 1.807) is 10.8 Å². The lowest BCUT2D eigenvalue weighted by molar-refractivity contribution is -0.0815. The number of ether oxygens (including phenoxy) is 3. The summed E-state index contributed by atoms with van der Waals surface area (Å²) in [6, 6.07) is 32.5. The molecule has 2 aliphatic heterocycles. The van der Waals surface area contributed by atoms with Crippen molar-refractivity contribution >= 4 is 0 Å². The predicted molar refractivity (Wildman–Crippen MR) is 127 cm³/mol. The Morgan fingerprint density at radius 1 is 0.853 bits per heavy atom. The maximum Gasteiger partial charge on any atom is 0.302 e. The van der Waals surface area contributed by atoms with Crippen LogP contribution in [0.4, 0.5) is 0 Å². The molecule has 0 N–H and O–H groups in total. The lowest BCUT2D eigenvalue weighted by atomic mass is 9.80. The summed E-state index contributed by atoms with van der Waals surface area (Å²) >= 11 is 0. The fourth-order valence-electron chi connectivity index (χ4n) is 4.96. The quantitative estimate of drug-likeness (QED) is 0.408. The summed E-state index contributed by atoms with van der Waals surface area (Å²) in [6.07, 6.45) is 1.59. The molecule has 6 heteroatoms. The minimum atomic E-state index is -0.829. The lowest BCUT2D eigenvalue weighted by Gasteiger charge is -2.37. The number of hydrogen-bond donors (Lipinski definition) is 0. The normalized spacial score (nSPS) is 21.0. The summed E-state index contributed by atoms with van der Waals surface area (Å²) in [5.41, 5.74) is 1.94. The molecule has 0 radical (unpaired) electrons. The summed E-state index contributed by atoms with van der Waals surface area (Å²) in [5, 5.41) is 0. The summed E-state index contributed by atoms with van der Waals surface area (Å²) < 4.78 is 21.1.